The lowest BCUT2D eigenvalue weighted by Crippen LogP contribution is -2.37. The van der Waals surface area contributed by atoms with Crippen LogP contribution in [0.3, 0.4) is 0 Å². The Hall–Kier alpha value is -1.76. The first-order valence-corrected chi connectivity index (χ1v) is 6.81. The van der Waals surface area contributed by atoms with Gasteiger partial charge in [0, 0.05) is 13.1 Å². The van der Waals surface area contributed by atoms with E-state index in [-0.39, 0.29) is 6.54 Å². The molecule has 1 heterocycles. The van der Waals surface area contributed by atoms with E-state index in [0.717, 1.165) is 30.8 Å². The summed E-state index contributed by atoms with van der Waals surface area (Å²) in [4.78, 5) is 19.1. The van der Waals surface area contributed by atoms with Gasteiger partial charge >= 0.3 is 5.97 Å². The number of nitrogens with zero attached hydrogens (tertiary/aromatic N) is 5. The van der Waals surface area contributed by atoms with Crippen molar-refractivity contribution in [1.82, 2.24) is 20.1 Å². The number of carboxylic acids is 1. The number of carbonyl (C=O) groups is 1. The van der Waals surface area contributed by atoms with E-state index < -0.39 is 5.97 Å². The largest absolute Gasteiger partial charge is 0.480 e. The van der Waals surface area contributed by atoms with E-state index in [1.807, 2.05) is 32.8 Å². The van der Waals surface area contributed by atoms with Crippen molar-refractivity contribution in [3.05, 3.63) is 11.4 Å². The lowest BCUT2D eigenvalue weighted by atomic mass is 10.2. The predicted molar refractivity (Wildman–Crippen MR) is 77.0 cm³/mol. The van der Waals surface area contributed by atoms with E-state index in [0.29, 0.717) is 12.5 Å². The van der Waals surface area contributed by atoms with Gasteiger partial charge in [0.15, 0.2) is 0 Å². The van der Waals surface area contributed by atoms with Crippen molar-refractivity contribution >= 4 is 11.9 Å². The van der Waals surface area contributed by atoms with Crippen LogP contribution in [0.5, 0.6) is 0 Å². The van der Waals surface area contributed by atoms with Crippen molar-refractivity contribution < 1.29 is 9.90 Å². The quantitative estimate of drug-likeness (QED) is 0.740. The van der Waals surface area contributed by atoms with E-state index in [9.17, 15) is 4.79 Å². The molecule has 0 fully saturated rings. The molecule has 1 N–H and O–H groups in total. The Morgan fingerprint density at radius 3 is 2.25 bits per heavy atom. The second kappa shape index (κ2) is 7.74. The highest BCUT2D eigenvalue weighted by Gasteiger charge is 2.16. The highest BCUT2D eigenvalue weighted by molar-refractivity contribution is 5.72. The second-order valence-corrected chi connectivity index (χ2v) is 4.83. The Kier molecular flexibility index (Phi) is 6.30. The van der Waals surface area contributed by atoms with E-state index in [1.165, 1.54) is 0 Å². The zero-order valence-corrected chi connectivity index (χ0v) is 12.6. The van der Waals surface area contributed by atoms with Crippen LogP contribution in [-0.4, -0.2) is 64.9 Å². The lowest BCUT2D eigenvalue weighted by Gasteiger charge is -2.22. The van der Waals surface area contributed by atoms with Gasteiger partial charge in [0.25, 0.3) is 0 Å². The molecule has 1 rings (SSSR count). The first kappa shape index (κ1) is 16.3. The van der Waals surface area contributed by atoms with Gasteiger partial charge in [-0.05, 0) is 26.9 Å². The van der Waals surface area contributed by atoms with Gasteiger partial charge in [-0.2, -0.15) is 5.10 Å². The van der Waals surface area contributed by atoms with Gasteiger partial charge in [0.05, 0.1) is 11.4 Å². The maximum Gasteiger partial charge on any atom is 0.323 e. The highest BCUT2D eigenvalue weighted by Crippen LogP contribution is 2.10. The molecule has 0 saturated carbocycles. The molecule has 0 amide bonds. The smallest absolute Gasteiger partial charge is 0.323 e. The Balaban J connectivity index is 2.96. The summed E-state index contributed by atoms with van der Waals surface area (Å²) in [5.74, 6) is -0.506. The van der Waals surface area contributed by atoms with Crippen LogP contribution in [0.15, 0.2) is 0 Å². The first-order chi connectivity index (χ1) is 9.47. The first-order valence-electron chi connectivity index (χ1n) is 6.81. The number of aliphatic carboxylic acids is 1. The third kappa shape index (κ3) is 4.73. The second-order valence-electron chi connectivity index (χ2n) is 4.83. The summed E-state index contributed by atoms with van der Waals surface area (Å²) in [6, 6.07) is 0. The van der Waals surface area contributed by atoms with Crippen LogP contribution < -0.4 is 4.90 Å². The maximum absolute atomic E-state index is 11.0. The summed E-state index contributed by atoms with van der Waals surface area (Å²) < 4.78 is 0. The monoisotopic (exact) mass is 281 g/mol. The molecular weight excluding hydrogens is 258 g/mol. The lowest BCUT2D eigenvalue weighted by molar-refractivity contribution is -0.135. The highest BCUT2D eigenvalue weighted by atomic mass is 16.4. The molecule has 7 heteroatoms. The summed E-state index contributed by atoms with van der Waals surface area (Å²) in [6.07, 6.45) is 1.54. The van der Waals surface area contributed by atoms with E-state index in [4.69, 9.17) is 5.11 Å². The minimum Gasteiger partial charge on any atom is -0.480 e. The Labute approximate surface area is 119 Å². The van der Waals surface area contributed by atoms with Crippen LogP contribution in [0.2, 0.25) is 0 Å². The summed E-state index contributed by atoms with van der Waals surface area (Å²) in [5, 5.41) is 17.2. The molecule has 0 bridgehead atoms. The number of aromatic nitrogens is 3. The summed E-state index contributed by atoms with van der Waals surface area (Å²) in [5.41, 5.74) is 1.76. The molecule has 112 valence electrons. The Morgan fingerprint density at radius 1 is 1.10 bits per heavy atom. The van der Waals surface area contributed by atoms with E-state index in [1.54, 1.807) is 4.90 Å². The van der Waals surface area contributed by atoms with Gasteiger partial charge in [-0.25, -0.2) is 4.98 Å². The molecule has 0 unspecified atom stereocenters. The minimum atomic E-state index is -0.898. The van der Waals surface area contributed by atoms with Crippen molar-refractivity contribution in [1.29, 1.82) is 0 Å². The van der Waals surface area contributed by atoms with Crippen molar-refractivity contribution in [3.8, 4) is 0 Å². The van der Waals surface area contributed by atoms with Gasteiger partial charge in [0.1, 0.15) is 6.54 Å². The third-order valence-corrected chi connectivity index (χ3v) is 2.92. The fourth-order valence-electron chi connectivity index (χ4n) is 1.80. The van der Waals surface area contributed by atoms with Crippen LogP contribution in [0.4, 0.5) is 5.95 Å². The molecule has 0 radical (unpaired) electrons. The maximum atomic E-state index is 11.0. The predicted octanol–water partition coefficient (Wildman–Crippen LogP) is 0.449. The Morgan fingerprint density at radius 2 is 1.75 bits per heavy atom. The van der Waals surface area contributed by atoms with Crippen molar-refractivity contribution in [3.63, 3.8) is 0 Å². The molecule has 7 nitrogen and oxygen atoms in total. The summed E-state index contributed by atoms with van der Waals surface area (Å²) in [7, 11) is 3.88. The number of hydrogen-bond acceptors (Lipinski definition) is 6. The van der Waals surface area contributed by atoms with Crippen LogP contribution in [0.25, 0.3) is 0 Å². The molecule has 0 aliphatic heterocycles. The SMILES string of the molecule is CCc1nnc(N(CCN(C)C)CC(=O)O)nc1CC. The standard InChI is InChI=1S/C13H23N5O2/c1-5-10-11(6-2)15-16-13(14-10)18(9-12(19)20)8-7-17(3)4/h5-9H2,1-4H3,(H,19,20). The molecule has 1 aromatic rings. The molecule has 0 saturated heterocycles. The van der Waals surface area contributed by atoms with Gasteiger partial charge in [-0.15, -0.1) is 5.10 Å². The van der Waals surface area contributed by atoms with E-state index in [2.05, 4.69) is 15.2 Å². The van der Waals surface area contributed by atoms with Crippen molar-refractivity contribution in [2.75, 3.05) is 38.6 Å². The zero-order chi connectivity index (χ0) is 15.1. The summed E-state index contributed by atoms with van der Waals surface area (Å²) >= 11 is 0. The topological polar surface area (TPSA) is 82.5 Å². The van der Waals surface area contributed by atoms with Crippen LogP contribution in [-0.2, 0) is 17.6 Å². The van der Waals surface area contributed by atoms with E-state index >= 15 is 0 Å². The van der Waals surface area contributed by atoms with Gasteiger partial charge < -0.3 is 14.9 Å². The molecule has 0 atom stereocenters. The Bertz CT molecular complexity index is 450. The molecule has 0 spiro atoms. The fourth-order valence-corrected chi connectivity index (χ4v) is 1.80. The molecule has 20 heavy (non-hydrogen) atoms. The van der Waals surface area contributed by atoms with Crippen molar-refractivity contribution in [2.24, 2.45) is 0 Å². The molecule has 0 aromatic carbocycles. The zero-order valence-electron chi connectivity index (χ0n) is 12.6. The third-order valence-electron chi connectivity index (χ3n) is 2.92. The molecular formula is C13H23N5O2. The number of carboxylic acid groups (broad SMARTS) is 1. The molecule has 1 aromatic heterocycles. The van der Waals surface area contributed by atoms with Crippen LogP contribution >= 0.6 is 0 Å². The molecule has 0 aliphatic rings. The van der Waals surface area contributed by atoms with Crippen molar-refractivity contribution in [2.45, 2.75) is 26.7 Å². The number of aryl methyl sites for hydroxylation is 2. The molecule has 0 aliphatic carbocycles. The average molecular weight is 281 g/mol. The number of anilines is 1. The number of hydrogen-bond donors (Lipinski definition) is 1. The average Bonchev–Trinajstić information content (AvgIpc) is 2.42. The van der Waals surface area contributed by atoms with Gasteiger partial charge in [-0.1, -0.05) is 13.8 Å². The van der Waals surface area contributed by atoms with Crippen LogP contribution in [0.1, 0.15) is 25.2 Å². The normalized spacial score (nSPS) is 10.8. The fraction of sp³-hybridized carbons (Fsp3) is 0.692. The van der Waals surface area contributed by atoms with Gasteiger partial charge in [-0.3, -0.25) is 4.79 Å². The van der Waals surface area contributed by atoms with Gasteiger partial charge in [0.2, 0.25) is 5.95 Å². The number of rotatable bonds is 8. The minimum absolute atomic E-state index is 0.121. The summed E-state index contributed by atoms with van der Waals surface area (Å²) in [6.45, 7) is 5.17. The van der Waals surface area contributed by atoms with Crippen LogP contribution in [0, 0.1) is 0 Å². The number of likely N-dealkylation sites (N-methyl/N-ethyl adjacent to an activating group) is 1.